The van der Waals surface area contributed by atoms with Gasteiger partial charge in [-0.25, -0.2) is 14.2 Å². The van der Waals surface area contributed by atoms with Crippen LogP contribution in [0.4, 0.5) is 20.6 Å². The average molecular weight is 429 g/mol. The van der Waals surface area contributed by atoms with Crippen molar-refractivity contribution in [2.75, 3.05) is 10.6 Å². The van der Waals surface area contributed by atoms with Crippen molar-refractivity contribution in [2.45, 2.75) is 18.9 Å². The van der Waals surface area contributed by atoms with Crippen LogP contribution in [0.3, 0.4) is 0 Å². The molecule has 1 fully saturated rings. The Morgan fingerprint density at radius 3 is 2.47 bits per heavy atom. The fraction of sp³-hybridized carbons (Fsp3) is 0.125. The molecule has 1 aromatic heterocycles. The van der Waals surface area contributed by atoms with Crippen LogP contribution in [0.15, 0.2) is 66.7 Å². The van der Waals surface area contributed by atoms with Gasteiger partial charge in [0.05, 0.1) is 11.0 Å². The molecule has 3 amide bonds. The van der Waals surface area contributed by atoms with Gasteiger partial charge in [0.1, 0.15) is 11.6 Å². The summed E-state index contributed by atoms with van der Waals surface area (Å²) in [6, 6.07) is 18.2. The standard InChI is InChI=1S/C24H20FN5O2/c25-16-3-1-2-15(12-16)22-29-20-11-10-19(13-21(20)30-22)26-23(31)14-4-6-17(7-5-14)27-24(32)28-18-8-9-18/h1-7,10-13,18H,8-9H2,(H,26,31)(H,29,30)(H2,27,28,32). The molecule has 0 unspecified atom stereocenters. The van der Waals surface area contributed by atoms with E-state index in [0.29, 0.717) is 33.8 Å². The lowest BCUT2D eigenvalue weighted by atomic mass is 10.2. The largest absolute Gasteiger partial charge is 0.338 e. The number of carbonyl (C=O) groups is 2. The lowest BCUT2D eigenvalue weighted by molar-refractivity contribution is 0.102. The van der Waals surface area contributed by atoms with E-state index in [2.05, 4.69) is 25.9 Å². The summed E-state index contributed by atoms with van der Waals surface area (Å²) in [7, 11) is 0. The molecule has 1 aliphatic carbocycles. The van der Waals surface area contributed by atoms with Gasteiger partial charge in [0.2, 0.25) is 0 Å². The van der Waals surface area contributed by atoms with Crippen molar-refractivity contribution in [2.24, 2.45) is 0 Å². The zero-order valence-corrected chi connectivity index (χ0v) is 17.0. The zero-order chi connectivity index (χ0) is 22.1. The molecule has 7 nitrogen and oxygen atoms in total. The van der Waals surface area contributed by atoms with Gasteiger partial charge in [-0.05, 0) is 67.4 Å². The second-order valence-corrected chi connectivity index (χ2v) is 7.73. The van der Waals surface area contributed by atoms with E-state index in [-0.39, 0.29) is 23.8 Å². The molecule has 0 bridgehead atoms. The number of halogens is 1. The second kappa shape index (κ2) is 8.14. The topological polar surface area (TPSA) is 98.9 Å². The number of aromatic amines is 1. The number of rotatable bonds is 5. The zero-order valence-electron chi connectivity index (χ0n) is 17.0. The minimum atomic E-state index is -0.333. The molecule has 4 aromatic rings. The predicted octanol–water partition coefficient (Wildman–Crippen LogP) is 4.91. The number of hydrogen-bond acceptors (Lipinski definition) is 3. The van der Waals surface area contributed by atoms with Crippen LogP contribution in [-0.2, 0) is 0 Å². The number of fused-ring (bicyclic) bond motifs is 1. The highest BCUT2D eigenvalue weighted by Crippen LogP contribution is 2.24. The van der Waals surface area contributed by atoms with Crippen molar-refractivity contribution in [1.29, 1.82) is 0 Å². The van der Waals surface area contributed by atoms with Crippen molar-refractivity contribution in [3.63, 3.8) is 0 Å². The van der Waals surface area contributed by atoms with Crippen LogP contribution in [0.1, 0.15) is 23.2 Å². The quantitative estimate of drug-likeness (QED) is 0.363. The second-order valence-electron chi connectivity index (χ2n) is 7.73. The van der Waals surface area contributed by atoms with Gasteiger partial charge < -0.3 is 20.9 Å². The van der Waals surface area contributed by atoms with E-state index in [1.807, 2.05) is 0 Å². The van der Waals surface area contributed by atoms with Crippen LogP contribution in [0.2, 0.25) is 0 Å². The number of nitrogens with zero attached hydrogens (tertiary/aromatic N) is 1. The maximum absolute atomic E-state index is 13.5. The number of imidazole rings is 1. The summed E-state index contributed by atoms with van der Waals surface area (Å²) in [6.07, 6.45) is 2.03. The molecule has 160 valence electrons. The molecule has 8 heteroatoms. The van der Waals surface area contributed by atoms with E-state index in [0.717, 1.165) is 18.4 Å². The van der Waals surface area contributed by atoms with Gasteiger partial charge in [-0.3, -0.25) is 4.79 Å². The molecule has 0 radical (unpaired) electrons. The summed E-state index contributed by atoms with van der Waals surface area (Å²) < 4.78 is 13.5. The Balaban J connectivity index is 1.27. The molecule has 0 aliphatic heterocycles. The van der Waals surface area contributed by atoms with Crippen LogP contribution in [0.5, 0.6) is 0 Å². The van der Waals surface area contributed by atoms with Crippen molar-refractivity contribution >= 4 is 34.3 Å². The molecule has 0 atom stereocenters. The molecule has 4 N–H and O–H groups in total. The van der Waals surface area contributed by atoms with Crippen LogP contribution in [0.25, 0.3) is 22.4 Å². The first-order valence-electron chi connectivity index (χ1n) is 10.3. The van der Waals surface area contributed by atoms with E-state index in [4.69, 9.17) is 0 Å². The Kier molecular flexibility index (Phi) is 5.03. The molecule has 0 spiro atoms. The van der Waals surface area contributed by atoms with Gasteiger partial charge in [0.15, 0.2) is 0 Å². The third-order valence-electron chi connectivity index (χ3n) is 5.16. The lowest BCUT2D eigenvalue weighted by Crippen LogP contribution is -2.30. The number of benzene rings is 3. The van der Waals surface area contributed by atoms with Gasteiger partial charge in [0.25, 0.3) is 5.91 Å². The van der Waals surface area contributed by atoms with Crippen molar-refractivity contribution < 1.29 is 14.0 Å². The van der Waals surface area contributed by atoms with Gasteiger partial charge in [-0.2, -0.15) is 0 Å². The SMILES string of the molecule is O=C(Nc1ccc(C(=O)Nc2ccc3nc(-c4cccc(F)c4)[nH]c3c2)cc1)NC1CC1. The monoisotopic (exact) mass is 429 g/mol. The number of aromatic nitrogens is 2. The molecular formula is C24H20FN5O2. The van der Waals surface area contributed by atoms with E-state index in [9.17, 15) is 14.0 Å². The van der Waals surface area contributed by atoms with E-state index < -0.39 is 0 Å². The summed E-state index contributed by atoms with van der Waals surface area (Å²) in [6.45, 7) is 0. The molecule has 1 saturated carbocycles. The van der Waals surface area contributed by atoms with Crippen LogP contribution in [0, 0.1) is 5.82 Å². The maximum atomic E-state index is 13.5. The van der Waals surface area contributed by atoms with Gasteiger partial charge >= 0.3 is 6.03 Å². The normalized spacial score (nSPS) is 13.0. The van der Waals surface area contributed by atoms with Gasteiger partial charge in [-0.1, -0.05) is 12.1 Å². The molecule has 1 aliphatic rings. The van der Waals surface area contributed by atoms with Crippen molar-refractivity contribution in [3.8, 4) is 11.4 Å². The summed E-state index contributed by atoms with van der Waals surface area (Å²) in [5.74, 6) is -0.0549. The first-order chi connectivity index (χ1) is 15.5. The van der Waals surface area contributed by atoms with E-state index in [1.165, 1.54) is 12.1 Å². The van der Waals surface area contributed by atoms with Crippen LogP contribution in [-0.4, -0.2) is 27.9 Å². The van der Waals surface area contributed by atoms with Gasteiger partial charge in [-0.15, -0.1) is 0 Å². The minimum absolute atomic E-state index is 0.241. The molecule has 5 rings (SSSR count). The molecular weight excluding hydrogens is 409 g/mol. The number of carbonyl (C=O) groups excluding carboxylic acids is 2. The minimum Gasteiger partial charge on any atom is -0.338 e. The lowest BCUT2D eigenvalue weighted by Gasteiger charge is -2.08. The summed E-state index contributed by atoms with van der Waals surface area (Å²) >= 11 is 0. The Morgan fingerprint density at radius 1 is 0.938 bits per heavy atom. The molecule has 1 heterocycles. The number of amides is 3. The smallest absolute Gasteiger partial charge is 0.319 e. The fourth-order valence-corrected chi connectivity index (χ4v) is 3.35. The maximum Gasteiger partial charge on any atom is 0.319 e. The number of H-pyrrole nitrogens is 1. The van der Waals surface area contributed by atoms with Crippen molar-refractivity contribution in [3.05, 3.63) is 78.1 Å². The highest BCUT2D eigenvalue weighted by Gasteiger charge is 2.23. The third kappa shape index (κ3) is 4.44. The summed E-state index contributed by atoms with van der Waals surface area (Å²) in [5.41, 5.74) is 3.76. The molecule has 3 aromatic carbocycles. The number of anilines is 2. The Morgan fingerprint density at radius 2 is 1.72 bits per heavy atom. The average Bonchev–Trinajstić information content (AvgIpc) is 3.48. The van der Waals surface area contributed by atoms with Crippen LogP contribution >= 0.6 is 0 Å². The Hall–Kier alpha value is -4.20. The summed E-state index contributed by atoms with van der Waals surface area (Å²) in [4.78, 5) is 32.1. The summed E-state index contributed by atoms with van der Waals surface area (Å²) in [5, 5.41) is 8.45. The van der Waals surface area contributed by atoms with Crippen LogP contribution < -0.4 is 16.0 Å². The van der Waals surface area contributed by atoms with Gasteiger partial charge in [0, 0.05) is 28.5 Å². The molecule has 0 saturated heterocycles. The first kappa shape index (κ1) is 19.7. The number of hydrogen-bond donors (Lipinski definition) is 4. The number of nitrogens with one attached hydrogen (secondary N) is 4. The Labute approximate surface area is 183 Å². The fourth-order valence-electron chi connectivity index (χ4n) is 3.35. The van der Waals surface area contributed by atoms with E-state index >= 15 is 0 Å². The Bertz CT molecular complexity index is 1310. The highest BCUT2D eigenvalue weighted by atomic mass is 19.1. The highest BCUT2D eigenvalue weighted by molar-refractivity contribution is 6.05. The third-order valence-corrected chi connectivity index (χ3v) is 5.16. The predicted molar refractivity (Wildman–Crippen MR) is 121 cm³/mol. The molecule has 32 heavy (non-hydrogen) atoms. The van der Waals surface area contributed by atoms with Crippen molar-refractivity contribution in [1.82, 2.24) is 15.3 Å². The van der Waals surface area contributed by atoms with E-state index in [1.54, 1.807) is 54.6 Å². The number of urea groups is 1. The first-order valence-corrected chi connectivity index (χ1v) is 10.3.